The van der Waals surface area contributed by atoms with Crippen LogP contribution in [0, 0.1) is 0 Å². The van der Waals surface area contributed by atoms with Crippen molar-refractivity contribution in [2.24, 2.45) is 4.99 Å². The van der Waals surface area contributed by atoms with Crippen molar-refractivity contribution < 1.29 is 13.2 Å². The van der Waals surface area contributed by atoms with Gasteiger partial charge in [0.05, 0.1) is 10.6 Å². The van der Waals surface area contributed by atoms with Crippen LogP contribution in [0.25, 0.3) is 0 Å². The fourth-order valence-electron chi connectivity index (χ4n) is 3.51. The topological polar surface area (TPSA) is 79.8 Å². The number of hydrogen-bond donors (Lipinski definition) is 2. The molecule has 5 rings (SSSR count). The highest BCUT2D eigenvalue weighted by atomic mass is 35.5. The molecular formula is C22H18ClN3O3S. The molecule has 2 aliphatic rings. The van der Waals surface area contributed by atoms with Gasteiger partial charge < -0.3 is 10.1 Å². The van der Waals surface area contributed by atoms with E-state index in [0.717, 1.165) is 18.4 Å². The number of fused-ring (bicyclic) bond motifs is 1. The zero-order chi connectivity index (χ0) is 20.8. The standard InChI is InChI=1S/C22H18ClN3O3S/c23-16-9-4-5-10-17(16)29-18-11-6-12-19-20(18)24-21(26-30(19,27)28)25-22(13-14-22)15-7-2-1-3-8-15/h1-12H,13-14H2,(H2,24,25,26). The van der Waals surface area contributed by atoms with Crippen LogP contribution in [0.3, 0.4) is 0 Å². The summed E-state index contributed by atoms with van der Waals surface area (Å²) < 4.78 is 34.3. The Kier molecular flexibility index (Phi) is 4.45. The van der Waals surface area contributed by atoms with E-state index >= 15 is 0 Å². The molecule has 3 aromatic rings. The van der Waals surface area contributed by atoms with E-state index in [-0.39, 0.29) is 10.9 Å². The van der Waals surface area contributed by atoms with Crippen LogP contribution >= 0.6 is 11.6 Å². The molecule has 8 heteroatoms. The molecule has 0 unspecified atom stereocenters. The van der Waals surface area contributed by atoms with Gasteiger partial charge in [0.1, 0.15) is 16.3 Å². The number of rotatable bonds is 4. The molecule has 0 aromatic heterocycles. The van der Waals surface area contributed by atoms with Gasteiger partial charge in [-0.1, -0.05) is 60.1 Å². The summed E-state index contributed by atoms with van der Waals surface area (Å²) in [6.45, 7) is 0. The van der Waals surface area contributed by atoms with E-state index < -0.39 is 15.6 Å². The molecule has 3 aromatic carbocycles. The maximum Gasteiger partial charge on any atom is 0.266 e. The SMILES string of the molecule is O=S1(=O)NC(=NC2(c3ccccc3)CC2)Nc2c(Oc3ccccc3Cl)cccc21. The number of nitrogens with zero attached hydrogens (tertiary/aromatic N) is 1. The molecule has 0 saturated heterocycles. The second-order valence-electron chi connectivity index (χ2n) is 7.25. The largest absolute Gasteiger partial charge is 0.454 e. The van der Waals surface area contributed by atoms with E-state index in [0.29, 0.717) is 22.2 Å². The summed E-state index contributed by atoms with van der Waals surface area (Å²) in [6, 6.07) is 21.7. The third-order valence-electron chi connectivity index (χ3n) is 5.17. The highest BCUT2D eigenvalue weighted by Crippen LogP contribution is 2.50. The maximum atomic E-state index is 12.9. The lowest BCUT2D eigenvalue weighted by atomic mass is 10.1. The Bertz CT molecular complexity index is 1260. The van der Waals surface area contributed by atoms with Gasteiger partial charge in [-0.05, 0) is 42.7 Å². The number of sulfonamides is 1. The quantitative estimate of drug-likeness (QED) is 0.607. The average molecular weight is 440 g/mol. The first-order valence-corrected chi connectivity index (χ1v) is 11.3. The third kappa shape index (κ3) is 3.40. The van der Waals surface area contributed by atoms with Gasteiger partial charge in [0.15, 0.2) is 5.75 Å². The van der Waals surface area contributed by atoms with Crippen LogP contribution < -0.4 is 14.8 Å². The van der Waals surface area contributed by atoms with Crippen LogP contribution in [-0.2, 0) is 15.6 Å². The predicted octanol–water partition coefficient (Wildman–Crippen LogP) is 4.88. The molecular weight excluding hydrogens is 422 g/mol. The van der Waals surface area contributed by atoms with Gasteiger partial charge in [-0.15, -0.1) is 0 Å². The van der Waals surface area contributed by atoms with Crippen LogP contribution in [0.4, 0.5) is 5.69 Å². The lowest BCUT2D eigenvalue weighted by Crippen LogP contribution is -2.41. The highest BCUT2D eigenvalue weighted by Gasteiger charge is 2.45. The van der Waals surface area contributed by atoms with E-state index in [2.05, 4.69) is 10.0 Å². The molecule has 0 bridgehead atoms. The lowest BCUT2D eigenvalue weighted by molar-refractivity contribution is 0.483. The Hall–Kier alpha value is -3.03. The van der Waals surface area contributed by atoms with Gasteiger partial charge in [0.2, 0.25) is 5.96 Å². The van der Waals surface area contributed by atoms with E-state index in [9.17, 15) is 8.42 Å². The Morgan fingerprint density at radius 1 is 0.900 bits per heavy atom. The van der Waals surface area contributed by atoms with E-state index in [1.807, 2.05) is 30.3 Å². The molecule has 30 heavy (non-hydrogen) atoms. The molecule has 0 radical (unpaired) electrons. The smallest absolute Gasteiger partial charge is 0.266 e. The first kappa shape index (κ1) is 19.0. The second-order valence-corrected chi connectivity index (χ2v) is 9.31. The number of halogens is 1. The number of ether oxygens (including phenoxy) is 1. The minimum Gasteiger partial charge on any atom is -0.454 e. The van der Waals surface area contributed by atoms with Crippen molar-refractivity contribution in [2.45, 2.75) is 23.3 Å². The third-order valence-corrected chi connectivity index (χ3v) is 6.86. The Morgan fingerprint density at radius 3 is 2.33 bits per heavy atom. The molecule has 1 fully saturated rings. The fourth-order valence-corrected chi connectivity index (χ4v) is 4.83. The number of nitrogens with one attached hydrogen (secondary N) is 2. The average Bonchev–Trinajstić information content (AvgIpc) is 3.51. The molecule has 1 aliphatic carbocycles. The van der Waals surface area contributed by atoms with Gasteiger partial charge in [0.25, 0.3) is 10.0 Å². The number of anilines is 1. The molecule has 0 spiro atoms. The van der Waals surface area contributed by atoms with Crippen molar-refractivity contribution >= 4 is 33.3 Å². The molecule has 0 amide bonds. The van der Waals surface area contributed by atoms with Crippen LogP contribution in [0.2, 0.25) is 5.02 Å². The number of aliphatic imine (C=N–C) groups is 1. The van der Waals surface area contributed by atoms with Crippen LogP contribution in [-0.4, -0.2) is 14.4 Å². The summed E-state index contributed by atoms with van der Waals surface area (Å²) in [4.78, 5) is 4.84. The van der Waals surface area contributed by atoms with Crippen LogP contribution in [0.5, 0.6) is 11.5 Å². The molecule has 1 aliphatic heterocycles. The molecule has 2 N–H and O–H groups in total. The van der Waals surface area contributed by atoms with E-state index in [1.165, 1.54) is 6.07 Å². The van der Waals surface area contributed by atoms with Crippen LogP contribution in [0.1, 0.15) is 18.4 Å². The fraction of sp³-hybridized carbons (Fsp3) is 0.136. The maximum absolute atomic E-state index is 12.9. The number of benzene rings is 3. The van der Waals surface area contributed by atoms with Gasteiger partial charge in [0, 0.05) is 0 Å². The lowest BCUT2D eigenvalue weighted by Gasteiger charge is -2.25. The van der Waals surface area contributed by atoms with E-state index in [4.69, 9.17) is 21.3 Å². The van der Waals surface area contributed by atoms with Crippen molar-refractivity contribution in [3.63, 3.8) is 0 Å². The minimum absolute atomic E-state index is 0.0931. The van der Waals surface area contributed by atoms with Crippen molar-refractivity contribution in [3.05, 3.63) is 83.4 Å². The molecule has 152 valence electrons. The first-order valence-electron chi connectivity index (χ1n) is 9.48. The second kappa shape index (κ2) is 7.04. The molecule has 0 atom stereocenters. The van der Waals surface area contributed by atoms with Gasteiger partial charge in [-0.3, -0.25) is 0 Å². The predicted molar refractivity (Wildman–Crippen MR) is 117 cm³/mol. The first-order chi connectivity index (χ1) is 14.5. The number of para-hydroxylation sites is 2. The molecule has 1 heterocycles. The normalized spacial score (nSPS) is 19.3. The van der Waals surface area contributed by atoms with Crippen molar-refractivity contribution in [3.8, 4) is 11.5 Å². The highest BCUT2D eigenvalue weighted by molar-refractivity contribution is 7.90. The zero-order valence-electron chi connectivity index (χ0n) is 15.8. The van der Waals surface area contributed by atoms with Gasteiger partial charge >= 0.3 is 0 Å². The summed E-state index contributed by atoms with van der Waals surface area (Å²) >= 11 is 6.21. The Balaban J connectivity index is 1.55. The number of guanidine groups is 1. The monoisotopic (exact) mass is 439 g/mol. The Morgan fingerprint density at radius 2 is 1.60 bits per heavy atom. The molecule has 1 saturated carbocycles. The van der Waals surface area contributed by atoms with Crippen molar-refractivity contribution in [1.82, 2.24) is 4.72 Å². The summed E-state index contributed by atoms with van der Waals surface area (Å²) in [6.07, 6.45) is 1.71. The summed E-state index contributed by atoms with van der Waals surface area (Å²) in [7, 11) is -3.80. The summed E-state index contributed by atoms with van der Waals surface area (Å²) in [5, 5.41) is 3.55. The molecule has 6 nitrogen and oxygen atoms in total. The summed E-state index contributed by atoms with van der Waals surface area (Å²) in [5.74, 6) is 0.966. The van der Waals surface area contributed by atoms with Crippen molar-refractivity contribution in [1.29, 1.82) is 0 Å². The van der Waals surface area contributed by atoms with Gasteiger partial charge in [-0.25, -0.2) is 18.1 Å². The van der Waals surface area contributed by atoms with E-state index in [1.54, 1.807) is 36.4 Å². The van der Waals surface area contributed by atoms with Crippen molar-refractivity contribution in [2.75, 3.05) is 5.32 Å². The minimum atomic E-state index is -3.80. The zero-order valence-corrected chi connectivity index (χ0v) is 17.4. The van der Waals surface area contributed by atoms with Crippen LogP contribution in [0.15, 0.2) is 82.7 Å². The summed E-state index contributed by atoms with van der Waals surface area (Å²) in [5.41, 5.74) is 0.978. The van der Waals surface area contributed by atoms with Gasteiger partial charge in [-0.2, -0.15) is 0 Å². The number of hydrogen-bond acceptors (Lipinski definition) is 4. The Labute approximate surface area is 179 Å².